The van der Waals surface area contributed by atoms with Crippen molar-refractivity contribution in [2.75, 3.05) is 0 Å². The first-order valence-corrected chi connectivity index (χ1v) is 10.6. The number of thioether (sulfide) groups is 1. The molecule has 2 heterocycles. The van der Waals surface area contributed by atoms with Crippen LogP contribution in [-0.4, -0.2) is 15.2 Å². The van der Waals surface area contributed by atoms with E-state index in [0.29, 0.717) is 21.7 Å². The molecule has 0 bridgehead atoms. The number of carbonyl (C=O) groups is 1. The number of carbonyl (C=O) groups excluding carboxylic acids is 1. The summed E-state index contributed by atoms with van der Waals surface area (Å²) < 4.78 is 0.481. The van der Waals surface area contributed by atoms with Crippen LogP contribution in [0.2, 0.25) is 0 Å². The molecule has 0 aliphatic carbocycles. The van der Waals surface area contributed by atoms with Gasteiger partial charge in [0.2, 0.25) is 0 Å². The van der Waals surface area contributed by atoms with E-state index < -0.39 is 0 Å². The molecule has 6 heteroatoms. The average molecular weight is 412 g/mol. The summed E-state index contributed by atoms with van der Waals surface area (Å²) in [7, 11) is 0. The molecule has 1 aliphatic rings. The Morgan fingerprint density at radius 1 is 1.25 bits per heavy atom. The van der Waals surface area contributed by atoms with Crippen LogP contribution in [0.3, 0.4) is 0 Å². The van der Waals surface area contributed by atoms with Crippen molar-refractivity contribution in [1.29, 1.82) is 0 Å². The molecule has 2 aromatic rings. The Balaban J connectivity index is 2.28. The molecule has 1 aromatic heterocycles. The number of hydrogen-bond donors (Lipinski definition) is 2. The van der Waals surface area contributed by atoms with Crippen LogP contribution in [0.4, 0.5) is 0 Å². The molecule has 4 nitrogen and oxygen atoms in total. The van der Waals surface area contributed by atoms with E-state index in [1.165, 1.54) is 17.3 Å². The number of aryl methyl sites for hydroxylation is 2. The predicted octanol–water partition coefficient (Wildman–Crippen LogP) is 4.51. The number of nitrogens with two attached hydrogens (primary N) is 1. The molecular formula is C22H25N3OS2. The fourth-order valence-electron chi connectivity index (χ4n) is 3.37. The van der Waals surface area contributed by atoms with Gasteiger partial charge in [-0.05, 0) is 49.0 Å². The Hall–Kier alpha value is -2.02. The molecule has 146 valence electrons. The highest BCUT2D eigenvalue weighted by atomic mass is 32.2. The van der Waals surface area contributed by atoms with Gasteiger partial charge < -0.3 is 11.1 Å². The second-order valence-corrected chi connectivity index (χ2v) is 9.15. The normalized spacial score (nSPS) is 15.6. The van der Waals surface area contributed by atoms with Gasteiger partial charge in [0.1, 0.15) is 4.32 Å². The minimum absolute atomic E-state index is 0.162. The van der Waals surface area contributed by atoms with Crippen molar-refractivity contribution in [3.8, 4) is 11.1 Å². The van der Waals surface area contributed by atoms with Gasteiger partial charge in [-0.2, -0.15) is 0 Å². The Kier molecular flexibility index (Phi) is 6.33. The molecule has 0 spiro atoms. The van der Waals surface area contributed by atoms with Gasteiger partial charge in [-0.15, -0.1) is 0 Å². The number of aromatic nitrogens is 1. The lowest BCUT2D eigenvalue weighted by Gasteiger charge is -2.20. The van der Waals surface area contributed by atoms with Gasteiger partial charge >= 0.3 is 0 Å². The topological polar surface area (TPSA) is 68.0 Å². The lowest BCUT2D eigenvalue weighted by molar-refractivity contribution is -0.115. The molecule has 1 amide bonds. The molecule has 3 N–H and O–H groups in total. The molecule has 1 fully saturated rings. The van der Waals surface area contributed by atoms with Crippen molar-refractivity contribution in [2.45, 2.75) is 40.7 Å². The number of thiocarbonyl (C=S) groups is 1. The molecule has 0 atom stereocenters. The minimum atomic E-state index is -0.162. The fourth-order valence-corrected chi connectivity index (χ4v) is 4.40. The van der Waals surface area contributed by atoms with Crippen molar-refractivity contribution >= 4 is 40.3 Å². The van der Waals surface area contributed by atoms with Crippen LogP contribution >= 0.6 is 24.0 Å². The molecular weight excluding hydrogens is 386 g/mol. The van der Waals surface area contributed by atoms with Crippen LogP contribution < -0.4 is 11.1 Å². The lowest BCUT2D eigenvalue weighted by Crippen LogP contribution is -2.17. The van der Waals surface area contributed by atoms with Crippen LogP contribution in [0.15, 0.2) is 29.2 Å². The van der Waals surface area contributed by atoms with Gasteiger partial charge in [0, 0.05) is 23.5 Å². The van der Waals surface area contributed by atoms with Crippen LogP contribution in [-0.2, 0) is 17.8 Å². The second-order valence-electron chi connectivity index (χ2n) is 7.43. The van der Waals surface area contributed by atoms with E-state index in [4.69, 9.17) is 22.9 Å². The summed E-state index contributed by atoms with van der Waals surface area (Å²) in [6.45, 7) is 8.81. The molecule has 28 heavy (non-hydrogen) atoms. The summed E-state index contributed by atoms with van der Waals surface area (Å²) in [5.41, 5.74) is 13.4. The molecule has 0 unspecified atom stereocenters. The molecule has 3 rings (SSSR count). The van der Waals surface area contributed by atoms with Gasteiger partial charge in [-0.3, -0.25) is 9.78 Å². The number of rotatable bonds is 5. The highest BCUT2D eigenvalue weighted by Gasteiger charge is 2.24. The third kappa shape index (κ3) is 4.35. The van der Waals surface area contributed by atoms with Crippen LogP contribution in [0.5, 0.6) is 0 Å². The maximum absolute atomic E-state index is 12.2. The monoisotopic (exact) mass is 411 g/mol. The third-order valence-corrected chi connectivity index (χ3v) is 5.84. The van der Waals surface area contributed by atoms with Gasteiger partial charge in [0.25, 0.3) is 5.91 Å². The number of hydrogen-bond acceptors (Lipinski definition) is 5. The summed E-state index contributed by atoms with van der Waals surface area (Å²) in [4.78, 5) is 17.7. The average Bonchev–Trinajstić information content (AvgIpc) is 2.94. The Morgan fingerprint density at radius 3 is 2.46 bits per heavy atom. The van der Waals surface area contributed by atoms with E-state index in [-0.39, 0.29) is 5.91 Å². The minimum Gasteiger partial charge on any atom is -0.326 e. The van der Waals surface area contributed by atoms with Crippen molar-refractivity contribution in [1.82, 2.24) is 10.3 Å². The van der Waals surface area contributed by atoms with Crippen molar-refractivity contribution in [3.63, 3.8) is 0 Å². The third-order valence-electron chi connectivity index (χ3n) is 4.68. The zero-order valence-electron chi connectivity index (χ0n) is 16.6. The molecule has 1 saturated heterocycles. The summed E-state index contributed by atoms with van der Waals surface area (Å²) in [5.74, 6) is 0.311. The molecule has 0 radical (unpaired) electrons. The second kappa shape index (κ2) is 8.55. The van der Waals surface area contributed by atoms with Gasteiger partial charge in [-0.25, -0.2) is 0 Å². The Morgan fingerprint density at radius 2 is 1.93 bits per heavy atom. The van der Waals surface area contributed by atoms with Crippen molar-refractivity contribution in [3.05, 3.63) is 57.2 Å². The standard InChI is InChI=1S/C22H25N3OS2/c1-12(2)9-18-17(11-23)20(15-7-5-13(3)6-8-15)16(14(4)24-18)10-19-21(26)25-22(27)28-19/h5-8,10,12H,9,11,23H2,1-4H3,(H,25,26,27). The number of nitrogens with one attached hydrogen (secondary N) is 1. The SMILES string of the molecule is Cc1ccc(-c2c(C=C3SC(=S)NC3=O)c(C)nc(CC(C)C)c2CN)cc1. The van der Waals surface area contributed by atoms with Gasteiger partial charge in [-0.1, -0.05) is 67.7 Å². The first-order chi connectivity index (χ1) is 13.3. The molecule has 0 saturated carbocycles. The quantitative estimate of drug-likeness (QED) is 0.560. The van der Waals surface area contributed by atoms with Crippen molar-refractivity contribution in [2.24, 2.45) is 11.7 Å². The number of benzene rings is 1. The first kappa shape index (κ1) is 20.7. The number of pyridine rings is 1. The van der Waals surface area contributed by atoms with Crippen LogP contribution in [0, 0.1) is 19.8 Å². The number of nitrogens with zero attached hydrogens (tertiary/aromatic N) is 1. The molecule has 1 aliphatic heterocycles. The summed E-state index contributed by atoms with van der Waals surface area (Å²) in [5, 5.41) is 2.68. The van der Waals surface area contributed by atoms with Crippen LogP contribution in [0.25, 0.3) is 17.2 Å². The lowest BCUT2D eigenvalue weighted by atomic mass is 9.89. The first-order valence-electron chi connectivity index (χ1n) is 9.34. The van der Waals surface area contributed by atoms with Gasteiger partial charge in [0.05, 0.1) is 4.91 Å². The molecule has 1 aromatic carbocycles. The maximum atomic E-state index is 12.2. The highest BCUT2D eigenvalue weighted by molar-refractivity contribution is 8.26. The summed E-state index contributed by atoms with van der Waals surface area (Å²) in [6, 6.07) is 8.40. The zero-order chi connectivity index (χ0) is 20.4. The summed E-state index contributed by atoms with van der Waals surface area (Å²) >= 11 is 6.42. The van der Waals surface area contributed by atoms with E-state index >= 15 is 0 Å². The number of amides is 1. The van der Waals surface area contributed by atoms with Crippen molar-refractivity contribution < 1.29 is 4.79 Å². The zero-order valence-corrected chi connectivity index (χ0v) is 18.3. The highest BCUT2D eigenvalue weighted by Crippen LogP contribution is 2.36. The van der Waals surface area contributed by atoms with E-state index in [2.05, 4.69) is 50.4 Å². The van der Waals surface area contributed by atoms with Crippen LogP contribution in [0.1, 0.15) is 41.9 Å². The predicted molar refractivity (Wildman–Crippen MR) is 122 cm³/mol. The summed E-state index contributed by atoms with van der Waals surface area (Å²) in [6.07, 6.45) is 2.76. The Bertz CT molecular complexity index is 963. The Labute approximate surface area is 176 Å². The maximum Gasteiger partial charge on any atom is 0.263 e. The van der Waals surface area contributed by atoms with E-state index in [0.717, 1.165) is 40.1 Å². The van der Waals surface area contributed by atoms with Gasteiger partial charge in [0.15, 0.2) is 0 Å². The van der Waals surface area contributed by atoms with E-state index in [1.807, 2.05) is 13.0 Å². The van der Waals surface area contributed by atoms with E-state index in [1.54, 1.807) is 0 Å². The van der Waals surface area contributed by atoms with E-state index in [9.17, 15) is 4.79 Å². The largest absolute Gasteiger partial charge is 0.326 e. The fraction of sp³-hybridized carbons (Fsp3) is 0.318. The smallest absolute Gasteiger partial charge is 0.263 e.